The van der Waals surface area contributed by atoms with Crippen LogP contribution < -0.4 is 4.72 Å². The summed E-state index contributed by atoms with van der Waals surface area (Å²) in [5, 5.41) is 4.63. The van der Waals surface area contributed by atoms with Crippen molar-refractivity contribution >= 4 is 29.5 Å². The number of anilines is 1. The Kier molecular flexibility index (Phi) is 5.30. The predicted octanol–water partition coefficient (Wildman–Crippen LogP) is 5.08. The molecule has 3 aromatic rings. The Hall–Kier alpha value is -2.05. The molecule has 0 aliphatic carbocycles. The van der Waals surface area contributed by atoms with Gasteiger partial charge in [0.25, 0.3) is 0 Å². The van der Waals surface area contributed by atoms with Crippen LogP contribution in [0.15, 0.2) is 41.6 Å². The van der Waals surface area contributed by atoms with Gasteiger partial charge in [0.15, 0.2) is 0 Å². The summed E-state index contributed by atoms with van der Waals surface area (Å²) < 4.78 is 4.92. The minimum absolute atomic E-state index is 0.224. The number of benzene rings is 1. The lowest BCUT2D eigenvalue weighted by Gasteiger charge is -2.16. The summed E-state index contributed by atoms with van der Waals surface area (Å²) in [7, 11) is 1.88. The average molecular weight is 374 g/mol. The van der Waals surface area contributed by atoms with Crippen LogP contribution >= 0.6 is 23.5 Å². The molecule has 130 valence electrons. The number of hydrogen-bond acceptors (Lipinski definition) is 5. The maximum Gasteiger partial charge on any atom is 0.235 e. The molecule has 7 heteroatoms. The highest BCUT2D eigenvalue weighted by Crippen LogP contribution is 2.35. The lowest BCUT2D eigenvalue weighted by Crippen LogP contribution is -2.04. The Morgan fingerprint density at radius 1 is 1.20 bits per heavy atom. The fourth-order valence-corrected chi connectivity index (χ4v) is 3.59. The van der Waals surface area contributed by atoms with Gasteiger partial charge in [-0.1, -0.05) is 49.7 Å². The normalized spacial score (nSPS) is 11.1. The summed E-state index contributed by atoms with van der Waals surface area (Å²) in [6, 6.07) is 8.18. The molecule has 25 heavy (non-hydrogen) atoms. The first-order chi connectivity index (χ1) is 12.0. The zero-order valence-corrected chi connectivity index (χ0v) is 16.2. The molecule has 2 heterocycles. The van der Waals surface area contributed by atoms with Crippen LogP contribution in [0.3, 0.4) is 0 Å². The molecule has 0 aliphatic heterocycles. The predicted molar refractivity (Wildman–Crippen MR) is 104 cm³/mol. The Morgan fingerprint density at radius 2 is 1.96 bits per heavy atom. The standard InChI is InChI=1S/C18H20ClN5S/c1-11(2)15-16(14-8-6-5-7-12(14)3)21-18(22-17(15)19)23-25-13-9-20-24(4)10-13/h5-11H,1-4H3,(H,21,22,23). The smallest absolute Gasteiger partial charge is 0.235 e. The summed E-state index contributed by atoms with van der Waals surface area (Å²) in [6.07, 6.45) is 3.70. The minimum Gasteiger partial charge on any atom is -0.294 e. The van der Waals surface area contributed by atoms with Gasteiger partial charge in [-0.2, -0.15) is 5.10 Å². The quantitative estimate of drug-likeness (QED) is 0.499. The lowest BCUT2D eigenvalue weighted by atomic mass is 9.96. The number of nitrogens with one attached hydrogen (secondary N) is 1. The van der Waals surface area contributed by atoms with Gasteiger partial charge in [-0.05, 0) is 30.4 Å². The van der Waals surface area contributed by atoms with Gasteiger partial charge < -0.3 is 0 Å². The third-order valence-electron chi connectivity index (χ3n) is 3.82. The van der Waals surface area contributed by atoms with Gasteiger partial charge in [-0.25, -0.2) is 9.97 Å². The maximum absolute atomic E-state index is 6.50. The van der Waals surface area contributed by atoms with Crippen molar-refractivity contribution in [2.75, 3.05) is 4.72 Å². The van der Waals surface area contributed by atoms with E-state index in [-0.39, 0.29) is 5.92 Å². The molecule has 0 bridgehead atoms. The van der Waals surface area contributed by atoms with E-state index in [4.69, 9.17) is 16.6 Å². The van der Waals surface area contributed by atoms with Crippen LogP contribution in [0.5, 0.6) is 0 Å². The molecular formula is C18H20ClN5S. The van der Waals surface area contributed by atoms with Crippen molar-refractivity contribution in [3.63, 3.8) is 0 Å². The molecule has 0 saturated heterocycles. The second-order valence-corrected chi connectivity index (χ2v) is 7.36. The second-order valence-electron chi connectivity index (χ2n) is 6.12. The number of aryl methyl sites for hydroxylation is 2. The van der Waals surface area contributed by atoms with Crippen molar-refractivity contribution in [2.24, 2.45) is 7.05 Å². The molecule has 0 spiro atoms. The first kappa shape index (κ1) is 17.8. The van der Waals surface area contributed by atoms with E-state index in [0.29, 0.717) is 11.1 Å². The van der Waals surface area contributed by atoms with Gasteiger partial charge in [-0.15, -0.1) is 0 Å². The summed E-state index contributed by atoms with van der Waals surface area (Å²) in [5.74, 6) is 0.712. The molecular weight excluding hydrogens is 354 g/mol. The fraction of sp³-hybridized carbons (Fsp3) is 0.278. The molecule has 0 atom stereocenters. The highest BCUT2D eigenvalue weighted by molar-refractivity contribution is 8.00. The van der Waals surface area contributed by atoms with Crippen molar-refractivity contribution in [3.8, 4) is 11.3 Å². The number of nitrogens with zero attached hydrogens (tertiary/aromatic N) is 4. The molecule has 3 rings (SSSR count). The number of hydrogen-bond donors (Lipinski definition) is 1. The first-order valence-corrected chi connectivity index (χ1v) is 9.20. The van der Waals surface area contributed by atoms with Crippen molar-refractivity contribution < 1.29 is 0 Å². The second kappa shape index (κ2) is 7.45. The van der Waals surface area contributed by atoms with Gasteiger partial charge in [0.05, 0.1) is 16.8 Å². The number of halogens is 1. The molecule has 0 saturated carbocycles. The third kappa shape index (κ3) is 3.96. The molecule has 5 nitrogen and oxygen atoms in total. The van der Waals surface area contributed by atoms with E-state index in [2.05, 4.69) is 47.7 Å². The van der Waals surface area contributed by atoms with E-state index in [9.17, 15) is 0 Å². The van der Waals surface area contributed by atoms with Gasteiger partial charge in [-0.3, -0.25) is 9.40 Å². The summed E-state index contributed by atoms with van der Waals surface area (Å²) in [5.41, 5.74) is 4.07. The van der Waals surface area contributed by atoms with Crippen LogP contribution in [0, 0.1) is 6.92 Å². The molecule has 0 amide bonds. The van der Waals surface area contributed by atoms with Gasteiger partial charge >= 0.3 is 0 Å². The van der Waals surface area contributed by atoms with Crippen molar-refractivity contribution in [1.82, 2.24) is 19.7 Å². The van der Waals surface area contributed by atoms with Gasteiger partial charge in [0.1, 0.15) is 5.15 Å². The summed E-state index contributed by atoms with van der Waals surface area (Å²) >= 11 is 7.91. The van der Waals surface area contributed by atoms with Crippen LogP contribution in [-0.4, -0.2) is 19.7 Å². The van der Waals surface area contributed by atoms with Gasteiger partial charge in [0, 0.05) is 24.4 Å². The van der Waals surface area contributed by atoms with E-state index in [1.165, 1.54) is 11.9 Å². The topological polar surface area (TPSA) is 55.6 Å². The van der Waals surface area contributed by atoms with Crippen LogP contribution in [0.1, 0.15) is 30.9 Å². The molecule has 0 unspecified atom stereocenters. The molecule has 0 aliphatic rings. The monoisotopic (exact) mass is 373 g/mol. The Bertz CT molecular complexity index is 891. The molecule has 0 fully saturated rings. The van der Waals surface area contributed by atoms with E-state index in [1.807, 2.05) is 25.4 Å². The van der Waals surface area contributed by atoms with Crippen LogP contribution in [0.4, 0.5) is 5.95 Å². The SMILES string of the molecule is Cc1ccccc1-c1nc(NSc2cnn(C)c2)nc(Cl)c1C(C)C. The van der Waals surface area contributed by atoms with E-state index < -0.39 is 0 Å². The van der Waals surface area contributed by atoms with Crippen LogP contribution in [0.25, 0.3) is 11.3 Å². The highest BCUT2D eigenvalue weighted by atomic mass is 35.5. The Morgan fingerprint density at radius 3 is 2.60 bits per heavy atom. The van der Waals surface area contributed by atoms with Gasteiger partial charge in [0.2, 0.25) is 5.95 Å². The van der Waals surface area contributed by atoms with E-state index in [1.54, 1.807) is 10.9 Å². The fourth-order valence-electron chi connectivity index (χ4n) is 2.60. The average Bonchev–Trinajstić information content (AvgIpc) is 2.98. The molecule has 1 aromatic carbocycles. The van der Waals surface area contributed by atoms with Crippen molar-refractivity contribution in [2.45, 2.75) is 31.6 Å². The van der Waals surface area contributed by atoms with Crippen molar-refractivity contribution in [1.29, 1.82) is 0 Å². The largest absolute Gasteiger partial charge is 0.294 e. The number of rotatable bonds is 5. The van der Waals surface area contributed by atoms with Crippen LogP contribution in [0.2, 0.25) is 5.15 Å². The zero-order valence-electron chi connectivity index (χ0n) is 14.6. The van der Waals surface area contributed by atoms with E-state index in [0.717, 1.165) is 27.3 Å². The third-order valence-corrected chi connectivity index (χ3v) is 4.84. The highest BCUT2D eigenvalue weighted by Gasteiger charge is 2.18. The molecule has 2 aromatic heterocycles. The maximum atomic E-state index is 6.50. The first-order valence-electron chi connectivity index (χ1n) is 8.00. The Balaban J connectivity index is 2.00. The number of aromatic nitrogens is 4. The summed E-state index contributed by atoms with van der Waals surface area (Å²) in [4.78, 5) is 10.2. The molecule has 1 N–H and O–H groups in total. The van der Waals surface area contributed by atoms with Crippen molar-refractivity contribution in [3.05, 3.63) is 52.9 Å². The van der Waals surface area contributed by atoms with E-state index >= 15 is 0 Å². The Labute approximate surface area is 157 Å². The minimum atomic E-state index is 0.224. The molecule has 0 radical (unpaired) electrons. The van der Waals surface area contributed by atoms with Crippen LogP contribution in [-0.2, 0) is 7.05 Å². The zero-order chi connectivity index (χ0) is 18.0. The summed E-state index contributed by atoms with van der Waals surface area (Å²) in [6.45, 7) is 6.28. The lowest BCUT2D eigenvalue weighted by molar-refractivity contribution is 0.766.